The second-order valence-corrected chi connectivity index (χ2v) is 11.3. The van der Waals surface area contributed by atoms with E-state index in [1.54, 1.807) is 19.2 Å². The van der Waals surface area contributed by atoms with Crippen molar-refractivity contribution in [2.45, 2.75) is 31.4 Å². The summed E-state index contributed by atoms with van der Waals surface area (Å²) in [4.78, 5) is 8.17. The number of sulfone groups is 1. The summed E-state index contributed by atoms with van der Waals surface area (Å²) in [6, 6.07) is 1.96. The average Bonchev–Trinajstić information content (AvgIpc) is 2.74. The van der Waals surface area contributed by atoms with Crippen LogP contribution in [0, 0.1) is 12.8 Å². The number of aromatic nitrogens is 2. The Balaban J connectivity index is 1.73. The Labute approximate surface area is 148 Å². The molecular weight excluding hydrogens is 366 g/mol. The number of rotatable bonds is 6. The molecule has 0 radical (unpaired) electrons. The van der Waals surface area contributed by atoms with E-state index in [2.05, 4.69) is 9.97 Å². The zero-order valence-corrected chi connectivity index (χ0v) is 16.0. The molecule has 3 heterocycles. The number of hydrogen-bond donors (Lipinski definition) is 0. The quantitative estimate of drug-likeness (QED) is 0.693. The van der Waals surface area contributed by atoms with E-state index in [1.165, 1.54) is 4.31 Å². The first-order valence-electron chi connectivity index (χ1n) is 8.33. The van der Waals surface area contributed by atoms with Crippen molar-refractivity contribution in [2.75, 3.05) is 31.2 Å². The minimum atomic E-state index is -3.38. The van der Waals surface area contributed by atoms with E-state index in [0.29, 0.717) is 12.8 Å². The first-order chi connectivity index (χ1) is 11.7. The lowest BCUT2D eigenvalue weighted by Gasteiger charge is -2.48. The van der Waals surface area contributed by atoms with Crippen LogP contribution in [0.2, 0.25) is 0 Å². The molecule has 0 N–H and O–H groups in total. The molecule has 2 aliphatic heterocycles. The smallest absolute Gasteiger partial charge is 0.316 e. The molecule has 140 valence electrons. The lowest BCUT2D eigenvalue weighted by Crippen LogP contribution is -2.69. The monoisotopic (exact) mass is 389 g/mol. The van der Waals surface area contributed by atoms with E-state index in [0.717, 1.165) is 5.69 Å². The summed E-state index contributed by atoms with van der Waals surface area (Å²) >= 11 is 0. The number of sulfonamides is 1. The molecule has 2 fully saturated rings. The molecule has 1 aromatic rings. The molecular formula is C15H23N3O5S2. The van der Waals surface area contributed by atoms with E-state index < -0.39 is 24.6 Å². The first kappa shape index (κ1) is 18.5. The van der Waals surface area contributed by atoms with Crippen LogP contribution in [0.15, 0.2) is 12.3 Å². The van der Waals surface area contributed by atoms with E-state index in [-0.39, 0.29) is 43.1 Å². The van der Waals surface area contributed by atoms with Crippen LogP contribution in [0.25, 0.3) is 0 Å². The Morgan fingerprint density at radius 2 is 2.12 bits per heavy atom. The minimum absolute atomic E-state index is 0.0281. The molecule has 1 unspecified atom stereocenters. The lowest BCUT2D eigenvalue weighted by atomic mass is 9.85. The van der Waals surface area contributed by atoms with Crippen LogP contribution < -0.4 is 4.74 Å². The van der Waals surface area contributed by atoms with Gasteiger partial charge < -0.3 is 4.74 Å². The zero-order valence-electron chi connectivity index (χ0n) is 14.4. The van der Waals surface area contributed by atoms with Crippen molar-refractivity contribution in [3.8, 4) is 6.01 Å². The van der Waals surface area contributed by atoms with Crippen LogP contribution in [0.3, 0.4) is 0 Å². The molecule has 0 aliphatic carbocycles. The van der Waals surface area contributed by atoms with Crippen molar-refractivity contribution in [3.05, 3.63) is 18.0 Å². The van der Waals surface area contributed by atoms with Gasteiger partial charge in [-0.05, 0) is 25.8 Å². The van der Waals surface area contributed by atoms with Crippen molar-refractivity contribution >= 4 is 19.9 Å². The highest BCUT2D eigenvalue weighted by molar-refractivity contribution is 7.93. The molecule has 0 amide bonds. The van der Waals surface area contributed by atoms with Gasteiger partial charge in [-0.2, -0.15) is 4.31 Å². The lowest BCUT2D eigenvalue weighted by molar-refractivity contribution is 0.120. The highest BCUT2D eigenvalue weighted by atomic mass is 32.2. The predicted molar refractivity (Wildman–Crippen MR) is 92.5 cm³/mol. The predicted octanol–water partition coefficient (Wildman–Crippen LogP) is 0.393. The maximum Gasteiger partial charge on any atom is 0.316 e. The number of ether oxygens (including phenoxy) is 1. The van der Waals surface area contributed by atoms with Gasteiger partial charge in [-0.3, -0.25) is 0 Å². The van der Waals surface area contributed by atoms with E-state index >= 15 is 0 Å². The second kappa shape index (κ2) is 6.48. The molecule has 2 aliphatic rings. The van der Waals surface area contributed by atoms with Gasteiger partial charge in [-0.25, -0.2) is 26.8 Å². The third-order valence-electron chi connectivity index (χ3n) is 5.03. The molecule has 1 spiro atoms. The van der Waals surface area contributed by atoms with Gasteiger partial charge in [-0.15, -0.1) is 0 Å². The molecule has 0 saturated carbocycles. The van der Waals surface area contributed by atoms with Crippen LogP contribution in [0.4, 0.5) is 0 Å². The van der Waals surface area contributed by atoms with E-state index in [4.69, 9.17) is 4.74 Å². The van der Waals surface area contributed by atoms with E-state index in [9.17, 15) is 16.8 Å². The van der Waals surface area contributed by atoms with Gasteiger partial charge in [-0.1, -0.05) is 6.92 Å². The average molecular weight is 389 g/mol. The SMILES string of the molecule is CCCS(=O)(=O)N1CC2(C1)C(COc1nccc(C)n1)CCS2(=O)=O. The molecule has 0 bridgehead atoms. The van der Waals surface area contributed by atoms with Crippen LogP contribution in [-0.2, 0) is 19.9 Å². The van der Waals surface area contributed by atoms with Gasteiger partial charge in [0.1, 0.15) is 4.75 Å². The molecule has 1 atom stereocenters. The Morgan fingerprint density at radius 1 is 1.40 bits per heavy atom. The second-order valence-electron chi connectivity index (χ2n) is 6.74. The van der Waals surface area contributed by atoms with E-state index in [1.807, 2.05) is 6.92 Å². The highest BCUT2D eigenvalue weighted by Crippen LogP contribution is 2.45. The summed E-state index contributed by atoms with van der Waals surface area (Å²) < 4.78 is 55.3. The molecule has 3 rings (SSSR count). The van der Waals surface area contributed by atoms with Gasteiger partial charge in [0.2, 0.25) is 10.0 Å². The van der Waals surface area contributed by atoms with Crippen LogP contribution in [-0.4, -0.2) is 67.1 Å². The molecule has 1 aromatic heterocycles. The molecule has 0 aromatic carbocycles. The number of hydrogen-bond acceptors (Lipinski definition) is 7. The fraction of sp³-hybridized carbons (Fsp3) is 0.733. The third-order valence-corrected chi connectivity index (χ3v) is 9.60. The zero-order chi connectivity index (χ0) is 18.3. The highest BCUT2D eigenvalue weighted by Gasteiger charge is 2.63. The Morgan fingerprint density at radius 3 is 2.76 bits per heavy atom. The maximum absolute atomic E-state index is 12.6. The van der Waals surface area contributed by atoms with Gasteiger partial charge in [0.05, 0.1) is 18.1 Å². The Bertz CT molecular complexity index is 848. The largest absolute Gasteiger partial charge is 0.463 e. The molecule has 25 heavy (non-hydrogen) atoms. The van der Waals surface area contributed by atoms with Gasteiger partial charge in [0.15, 0.2) is 9.84 Å². The Hall–Kier alpha value is -1.26. The number of nitrogens with zero attached hydrogens (tertiary/aromatic N) is 3. The fourth-order valence-electron chi connectivity index (χ4n) is 3.51. The van der Waals surface area contributed by atoms with Crippen LogP contribution in [0.1, 0.15) is 25.5 Å². The van der Waals surface area contributed by atoms with Crippen LogP contribution >= 0.6 is 0 Å². The van der Waals surface area contributed by atoms with Crippen LogP contribution in [0.5, 0.6) is 6.01 Å². The van der Waals surface area contributed by atoms with Crippen molar-refractivity contribution < 1.29 is 21.6 Å². The first-order valence-corrected chi connectivity index (χ1v) is 11.6. The fourth-order valence-corrected chi connectivity index (χ4v) is 7.70. The molecule has 10 heteroatoms. The maximum atomic E-state index is 12.6. The third kappa shape index (κ3) is 3.26. The molecule has 8 nitrogen and oxygen atoms in total. The van der Waals surface area contributed by atoms with Gasteiger partial charge in [0, 0.05) is 30.9 Å². The van der Waals surface area contributed by atoms with Crippen molar-refractivity contribution in [1.82, 2.24) is 14.3 Å². The minimum Gasteiger partial charge on any atom is -0.463 e. The van der Waals surface area contributed by atoms with Gasteiger partial charge in [0.25, 0.3) is 0 Å². The summed E-state index contributed by atoms with van der Waals surface area (Å²) in [5.41, 5.74) is 0.763. The van der Waals surface area contributed by atoms with Gasteiger partial charge >= 0.3 is 6.01 Å². The normalized spacial score (nSPS) is 25.0. The summed E-state index contributed by atoms with van der Waals surface area (Å²) in [5, 5.41) is 0. The summed E-state index contributed by atoms with van der Waals surface area (Å²) in [6.45, 7) is 3.83. The summed E-state index contributed by atoms with van der Waals surface area (Å²) in [7, 11) is -6.73. The molecule has 2 saturated heterocycles. The van der Waals surface area contributed by atoms with Crippen molar-refractivity contribution in [2.24, 2.45) is 5.92 Å². The Kier molecular flexibility index (Phi) is 4.80. The summed E-state index contributed by atoms with van der Waals surface area (Å²) in [6.07, 6.45) is 2.56. The van der Waals surface area contributed by atoms with Crippen molar-refractivity contribution in [1.29, 1.82) is 0 Å². The topological polar surface area (TPSA) is 107 Å². The van der Waals surface area contributed by atoms with Crippen molar-refractivity contribution in [3.63, 3.8) is 0 Å². The number of aryl methyl sites for hydroxylation is 1. The standard InChI is InChI=1S/C15H23N3O5S2/c1-3-7-25(21,22)18-10-15(11-18)13(5-8-24(15,19)20)9-23-14-16-6-4-12(2)17-14/h4,6,13H,3,5,7-11H2,1-2H3. The summed E-state index contributed by atoms with van der Waals surface area (Å²) in [5.74, 6) is -0.145.